The molecule has 290 valence electrons. The van der Waals surface area contributed by atoms with E-state index in [-0.39, 0.29) is 38.0 Å². The normalized spacial score (nSPS) is 25.9. The molecule has 3 aromatic carbocycles. The van der Waals surface area contributed by atoms with Crippen LogP contribution in [0.1, 0.15) is 29.5 Å². The van der Waals surface area contributed by atoms with E-state index in [4.69, 9.17) is 4.74 Å². The van der Waals surface area contributed by atoms with E-state index in [1.807, 2.05) is 0 Å². The number of hydrogen-bond donors (Lipinski definition) is 2. The third-order valence-electron chi connectivity index (χ3n) is 10.4. The average Bonchev–Trinajstić information content (AvgIpc) is 3.46. The van der Waals surface area contributed by atoms with E-state index in [9.17, 15) is 57.5 Å². The van der Waals surface area contributed by atoms with E-state index >= 15 is 0 Å². The summed E-state index contributed by atoms with van der Waals surface area (Å²) in [4.78, 5) is 28.7. The molecule has 54 heavy (non-hydrogen) atoms. The molecule has 3 unspecified atom stereocenters. The van der Waals surface area contributed by atoms with Crippen molar-refractivity contribution in [2.75, 3.05) is 26.2 Å². The number of fused-ring (bicyclic) bond motifs is 1. The third-order valence-corrected chi connectivity index (χ3v) is 12.9. The number of benzene rings is 3. The first-order chi connectivity index (χ1) is 25.2. The number of epoxide rings is 1. The van der Waals surface area contributed by atoms with Gasteiger partial charge in [-0.3, -0.25) is 10.1 Å². The molecule has 1 spiro atoms. The molecule has 20 heteroatoms. The zero-order chi connectivity index (χ0) is 39.1. The topological polar surface area (TPSA) is 121 Å². The lowest BCUT2D eigenvalue weighted by atomic mass is 9.88. The summed E-state index contributed by atoms with van der Waals surface area (Å²) in [6.07, 6.45) is -13.6. The van der Waals surface area contributed by atoms with Crippen molar-refractivity contribution in [1.29, 1.82) is 0 Å². The highest BCUT2D eigenvalue weighted by Gasteiger charge is 2.73. The Labute approximate surface area is 301 Å². The molecular weight excluding hydrogens is 763 g/mol. The summed E-state index contributed by atoms with van der Waals surface area (Å²) >= 11 is 0. The molecule has 4 atom stereocenters. The van der Waals surface area contributed by atoms with Gasteiger partial charge in [0.2, 0.25) is 5.91 Å². The van der Waals surface area contributed by atoms with Crippen molar-refractivity contribution in [1.82, 2.24) is 20.4 Å². The van der Waals surface area contributed by atoms with Crippen molar-refractivity contribution in [2.24, 2.45) is 0 Å². The Bertz CT molecular complexity index is 2050. The highest BCUT2D eigenvalue weighted by atomic mass is 32.2. The molecule has 4 fully saturated rings. The number of rotatable bonds is 7. The molecule has 7 rings (SSSR count). The second kappa shape index (κ2) is 12.8. The van der Waals surface area contributed by atoms with E-state index in [1.54, 1.807) is 0 Å². The number of sulfone groups is 1. The zero-order valence-corrected chi connectivity index (χ0v) is 28.4. The van der Waals surface area contributed by atoms with Gasteiger partial charge in [-0.05, 0) is 54.8 Å². The molecule has 0 aliphatic carbocycles. The summed E-state index contributed by atoms with van der Waals surface area (Å²) in [5.74, 6) is -4.11. The van der Waals surface area contributed by atoms with Crippen LogP contribution in [0.3, 0.4) is 0 Å². The predicted octanol–water partition coefficient (Wildman–Crippen LogP) is 4.98. The number of ether oxygens (including phenoxy) is 2. The van der Waals surface area contributed by atoms with Crippen LogP contribution in [0, 0.1) is 17.5 Å². The van der Waals surface area contributed by atoms with Gasteiger partial charge in [0.25, 0.3) is 5.60 Å². The monoisotopic (exact) mass is 792 g/mol. The minimum absolute atomic E-state index is 0.0767. The Morgan fingerprint density at radius 2 is 1.43 bits per heavy atom. The number of nitrogens with zero attached hydrogens (tertiary/aromatic N) is 2. The van der Waals surface area contributed by atoms with E-state index in [1.165, 1.54) is 4.90 Å². The van der Waals surface area contributed by atoms with Crippen LogP contribution in [0.5, 0.6) is 0 Å². The maximum absolute atomic E-state index is 14.6. The first-order valence-corrected chi connectivity index (χ1v) is 17.8. The molecular formula is C34H29F9N4O6S. The molecule has 4 saturated heterocycles. The summed E-state index contributed by atoms with van der Waals surface area (Å²) in [7, 11) is -4.69. The zero-order valence-electron chi connectivity index (χ0n) is 27.6. The Kier molecular flexibility index (Phi) is 9.01. The fourth-order valence-corrected chi connectivity index (χ4v) is 9.48. The standard InChI is InChI=1S/C34H29F9N4O6S/c35-21-8-10-22(11-9-21)54(50,51)31(13-15-47(18-31)29(49)46-14-12-30(17-46)28(48)44-26-27(45-30)53-26)19-4-6-20(7-5-19)32(33(38,39)40,34(41,42)43)52-16-23-24(36)2-1-3-25(23)37/h1-11,26-27,45H,12-18H2,(H,44,48)/t26?,27?,30?,31-/m0/s1. The van der Waals surface area contributed by atoms with Crippen molar-refractivity contribution >= 4 is 21.8 Å². The van der Waals surface area contributed by atoms with Gasteiger partial charge >= 0.3 is 18.4 Å². The summed E-state index contributed by atoms with van der Waals surface area (Å²) in [6, 6.07) is 7.12. The van der Waals surface area contributed by atoms with Crippen LogP contribution in [0.2, 0.25) is 0 Å². The largest absolute Gasteiger partial charge is 0.430 e. The van der Waals surface area contributed by atoms with E-state index < -0.39 is 109 Å². The Balaban J connectivity index is 1.24. The molecule has 3 amide bonds. The van der Waals surface area contributed by atoms with Gasteiger partial charge in [0, 0.05) is 37.3 Å². The van der Waals surface area contributed by atoms with Crippen LogP contribution in [0.15, 0.2) is 71.6 Å². The van der Waals surface area contributed by atoms with Gasteiger partial charge in [-0.25, -0.2) is 26.4 Å². The number of alkyl halides is 6. The minimum Gasteiger partial charge on any atom is -0.349 e. The maximum atomic E-state index is 14.6. The van der Waals surface area contributed by atoms with Crippen LogP contribution in [0.25, 0.3) is 0 Å². The first-order valence-electron chi connectivity index (χ1n) is 16.3. The fraction of sp³-hybridized carbons (Fsp3) is 0.412. The van der Waals surface area contributed by atoms with Crippen molar-refractivity contribution in [3.8, 4) is 0 Å². The van der Waals surface area contributed by atoms with Crippen molar-refractivity contribution in [3.05, 3.63) is 101 Å². The number of halogens is 9. The minimum atomic E-state index is -6.26. The summed E-state index contributed by atoms with van der Waals surface area (Å²) in [5.41, 5.74) is -9.40. The number of urea groups is 1. The summed E-state index contributed by atoms with van der Waals surface area (Å²) in [6.45, 7) is -2.70. The second-order valence-corrected chi connectivity index (χ2v) is 15.8. The maximum Gasteiger partial charge on any atom is 0.430 e. The smallest absolute Gasteiger partial charge is 0.349 e. The van der Waals surface area contributed by atoms with Crippen LogP contribution < -0.4 is 10.6 Å². The van der Waals surface area contributed by atoms with Gasteiger partial charge < -0.3 is 24.6 Å². The van der Waals surface area contributed by atoms with Gasteiger partial charge in [0.15, 0.2) is 22.3 Å². The Morgan fingerprint density at radius 3 is 2.04 bits per heavy atom. The Hall–Kier alpha value is -4.40. The van der Waals surface area contributed by atoms with Crippen LogP contribution in [-0.2, 0) is 41.1 Å². The van der Waals surface area contributed by atoms with Crippen molar-refractivity contribution < 1.29 is 67.0 Å². The highest BCUT2D eigenvalue weighted by molar-refractivity contribution is 7.92. The molecule has 2 N–H and O–H groups in total. The van der Waals surface area contributed by atoms with Crippen LogP contribution in [-0.4, -0.2) is 86.7 Å². The number of carbonyl (C=O) groups is 2. The average molecular weight is 793 g/mol. The summed E-state index contributed by atoms with van der Waals surface area (Å²) in [5, 5.41) is 5.75. The Morgan fingerprint density at radius 1 is 0.833 bits per heavy atom. The van der Waals surface area contributed by atoms with Gasteiger partial charge in [0.1, 0.15) is 27.7 Å². The molecule has 4 aliphatic heterocycles. The molecule has 0 aromatic heterocycles. The molecule has 10 nitrogen and oxygen atoms in total. The molecule has 0 saturated carbocycles. The van der Waals surface area contributed by atoms with Gasteiger partial charge in [-0.15, -0.1) is 0 Å². The lowest BCUT2D eigenvalue weighted by Gasteiger charge is -2.38. The third kappa shape index (κ3) is 5.97. The van der Waals surface area contributed by atoms with E-state index in [0.717, 1.165) is 47.4 Å². The summed E-state index contributed by atoms with van der Waals surface area (Å²) < 4.78 is 166. The molecule has 4 aliphatic rings. The number of carbonyl (C=O) groups excluding carboxylic acids is 2. The number of nitrogens with one attached hydrogen (secondary N) is 2. The molecule has 0 bridgehead atoms. The van der Waals surface area contributed by atoms with Gasteiger partial charge in [0.05, 0.1) is 11.5 Å². The number of piperazine rings is 1. The molecule has 0 radical (unpaired) electrons. The van der Waals surface area contributed by atoms with Crippen molar-refractivity contribution in [3.63, 3.8) is 0 Å². The van der Waals surface area contributed by atoms with Gasteiger partial charge in [-0.1, -0.05) is 30.3 Å². The SMILES string of the molecule is O=C(N1CCC2(C1)NC1OC1NC2=O)N1CC[C@](c2ccc(C(OCc3c(F)cccc3F)(C(F)(F)F)C(F)(F)F)cc2)(S(=O)(=O)c2ccc(F)cc2)C1. The number of amides is 3. The van der Waals surface area contributed by atoms with Crippen LogP contribution in [0.4, 0.5) is 44.3 Å². The van der Waals surface area contributed by atoms with E-state index in [0.29, 0.717) is 24.3 Å². The lowest BCUT2D eigenvalue weighted by molar-refractivity contribution is -0.392. The predicted molar refractivity (Wildman–Crippen MR) is 167 cm³/mol. The number of hydrogen-bond acceptors (Lipinski definition) is 7. The van der Waals surface area contributed by atoms with Crippen LogP contribution >= 0.6 is 0 Å². The van der Waals surface area contributed by atoms with E-state index in [2.05, 4.69) is 15.4 Å². The molecule has 3 aromatic rings. The molecule has 4 heterocycles. The first kappa shape index (κ1) is 37.9. The quantitative estimate of drug-likeness (QED) is 0.197. The number of likely N-dealkylation sites (tertiary alicyclic amines) is 2. The fourth-order valence-electron chi connectivity index (χ4n) is 7.40. The van der Waals surface area contributed by atoms with Gasteiger partial charge in [-0.2, -0.15) is 26.3 Å². The highest BCUT2D eigenvalue weighted by Crippen LogP contribution is 2.54. The lowest BCUT2D eigenvalue weighted by Crippen LogP contribution is -2.64. The second-order valence-electron chi connectivity index (χ2n) is 13.5. The van der Waals surface area contributed by atoms with Crippen molar-refractivity contribution in [2.45, 2.75) is 65.0 Å².